The summed E-state index contributed by atoms with van der Waals surface area (Å²) >= 11 is 0. The molecule has 0 amide bonds. The maximum atomic E-state index is 5.34. The quantitative estimate of drug-likeness (QED) is 0.721. The van der Waals surface area contributed by atoms with Crippen LogP contribution >= 0.6 is 0 Å². The van der Waals surface area contributed by atoms with Gasteiger partial charge >= 0.3 is 0 Å². The molecule has 1 rings (SSSR count). The van der Waals surface area contributed by atoms with Gasteiger partial charge in [0.25, 0.3) is 0 Å². The van der Waals surface area contributed by atoms with Gasteiger partial charge in [-0.05, 0) is 32.4 Å². The van der Waals surface area contributed by atoms with Gasteiger partial charge in [-0.3, -0.25) is 0 Å². The van der Waals surface area contributed by atoms with Crippen LogP contribution in [0.2, 0.25) is 0 Å². The summed E-state index contributed by atoms with van der Waals surface area (Å²) in [5.41, 5.74) is 2.54. The number of furan rings is 1. The monoisotopic (exact) mass is 207 g/mol. The van der Waals surface area contributed by atoms with E-state index in [1.54, 1.807) is 6.26 Å². The second-order valence-corrected chi connectivity index (χ2v) is 3.85. The topological polar surface area (TPSA) is 25.2 Å². The van der Waals surface area contributed by atoms with E-state index in [4.69, 9.17) is 4.42 Å². The first-order valence-electron chi connectivity index (χ1n) is 5.63. The Hall–Kier alpha value is -1.02. The zero-order valence-corrected chi connectivity index (χ0v) is 9.97. The standard InChI is InChI=1S/C13H21NO/c1-5-10(3)9-13(14-6-2)12-7-8-15-11(12)4/h7-8,13-14H,3,5-6,9H2,1-2,4H3. The molecule has 1 aromatic heterocycles. The number of rotatable bonds is 6. The zero-order valence-electron chi connectivity index (χ0n) is 9.97. The summed E-state index contributed by atoms with van der Waals surface area (Å²) in [5.74, 6) is 1.00. The fourth-order valence-corrected chi connectivity index (χ4v) is 1.73. The minimum Gasteiger partial charge on any atom is -0.469 e. The van der Waals surface area contributed by atoms with Crippen LogP contribution in [0.3, 0.4) is 0 Å². The van der Waals surface area contributed by atoms with Gasteiger partial charge in [0.15, 0.2) is 0 Å². The molecule has 1 heterocycles. The first kappa shape index (κ1) is 12.1. The van der Waals surface area contributed by atoms with Gasteiger partial charge in [-0.25, -0.2) is 0 Å². The van der Waals surface area contributed by atoms with Gasteiger partial charge in [0.1, 0.15) is 5.76 Å². The summed E-state index contributed by atoms with van der Waals surface area (Å²) in [5, 5.41) is 3.47. The van der Waals surface area contributed by atoms with Crippen molar-refractivity contribution in [3.63, 3.8) is 0 Å². The second-order valence-electron chi connectivity index (χ2n) is 3.85. The lowest BCUT2D eigenvalue weighted by Crippen LogP contribution is -2.21. The van der Waals surface area contributed by atoms with E-state index in [0.717, 1.165) is 25.1 Å². The molecule has 0 saturated carbocycles. The third-order valence-corrected chi connectivity index (χ3v) is 2.72. The van der Waals surface area contributed by atoms with Gasteiger partial charge in [-0.2, -0.15) is 0 Å². The molecule has 1 aromatic rings. The minimum absolute atomic E-state index is 0.348. The normalized spacial score (nSPS) is 12.7. The molecule has 1 atom stereocenters. The van der Waals surface area contributed by atoms with Crippen LogP contribution in [0, 0.1) is 6.92 Å². The first-order chi connectivity index (χ1) is 7.19. The highest BCUT2D eigenvalue weighted by Gasteiger charge is 2.15. The van der Waals surface area contributed by atoms with Gasteiger partial charge in [-0.15, -0.1) is 0 Å². The van der Waals surface area contributed by atoms with Crippen molar-refractivity contribution in [2.24, 2.45) is 0 Å². The molecule has 0 bridgehead atoms. The molecular formula is C13H21NO. The van der Waals surface area contributed by atoms with Crippen molar-refractivity contribution < 1.29 is 4.42 Å². The lowest BCUT2D eigenvalue weighted by atomic mass is 9.99. The van der Waals surface area contributed by atoms with Crippen LogP contribution in [0.4, 0.5) is 0 Å². The predicted octanol–water partition coefficient (Wildman–Crippen LogP) is 3.59. The van der Waals surface area contributed by atoms with E-state index in [-0.39, 0.29) is 0 Å². The molecule has 0 aromatic carbocycles. The fourth-order valence-electron chi connectivity index (χ4n) is 1.73. The summed E-state index contributed by atoms with van der Waals surface area (Å²) < 4.78 is 5.34. The smallest absolute Gasteiger partial charge is 0.105 e. The highest BCUT2D eigenvalue weighted by Crippen LogP contribution is 2.25. The van der Waals surface area contributed by atoms with Gasteiger partial charge in [-0.1, -0.05) is 26.0 Å². The Bertz CT molecular complexity index is 314. The van der Waals surface area contributed by atoms with E-state index < -0.39 is 0 Å². The third-order valence-electron chi connectivity index (χ3n) is 2.72. The molecule has 1 N–H and O–H groups in total. The highest BCUT2D eigenvalue weighted by atomic mass is 16.3. The van der Waals surface area contributed by atoms with Crippen molar-refractivity contribution in [2.75, 3.05) is 6.54 Å². The van der Waals surface area contributed by atoms with Crippen molar-refractivity contribution in [1.82, 2.24) is 5.32 Å². The van der Waals surface area contributed by atoms with Crippen LogP contribution < -0.4 is 5.32 Å². The molecular weight excluding hydrogens is 186 g/mol. The van der Waals surface area contributed by atoms with Gasteiger partial charge in [0.05, 0.1) is 6.26 Å². The third kappa shape index (κ3) is 3.24. The van der Waals surface area contributed by atoms with Crippen molar-refractivity contribution in [3.05, 3.63) is 35.8 Å². The lowest BCUT2D eigenvalue weighted by Gasteiger charge is -2.18. The summed E-state index contributed by atoms with van der Waals surface area (Å²) in [7, 11) is 0. The van der Waals surface area contributed by atoms with E-state index in [1.165, 1.54) is 11.1 Å². The van der Waals surface area contributed by atoms with Gasteiger partial charge in [0, 0.05) is 11.6 Å². The Labute approximate surface area is 92.4 Å². The van der Waals surface area contributed by atoms with E-state index in [2.05, 4.69) is 25.7 Å². The molecule has 15 heavy (non-hydrogen) atoms. The molecule has 84 valence electrons. The maximum absolute atomic E-state index is 5.34. The van der Waals surface area contributed by atoms with Crippen molar-refractivity contribution in [1.29, 1.82) is 0 Å². The van der Waals surface area contributed by atoms with Gasteiger partial charge < -0.3 is 9.73 Å². The van der Waals surface area contributed by atoms with Crippen LogP contribution in [-0.2, 0) is 0 Å². The average Bonchev–Trinajstić information content (AvgIpc) is 2.63. The second kappa shape index (κ2) is 5.76. The van der Waals surface area contributed by atoms with Crippen molar-refractivity contribution in [2.45, 2.75) is 39.7 Å². The molecule has 0 fully saturated rings. The Balaban J connectivity index is 2.74. The van der Waals surface area contributed by atoms with Crippen LogP contribution in [0.15, 0.2) is 28.9 Å². The molecule has 0 spiro atoms. The van der Waals surface area contributed by atoms with Crippen molar-refractivity contribution >= 4 is 0 Å². The SMILES string of the molecule is C=C(CC)CC(NCC)c1ccoc1C. The summed E-state index contributed by atoms with van der Waals surface area (Å²) in [6, 6.07) is 2.40. The summed E-state index contributed by atoms with van der Waals surface area (Å²) in [6.45, 7) is 11.3. The molecule has 0 aliphatic carbocycles. The summed E-state index contributed by atoms with van der Waals surface area (Å²) in [6.07, 6.45) is 3.78. The Morgan fingerprint density at radius 1 is 1.53 bits per heavy atom. The van der Waals surface area contributed by atoms with Crippen LogP contribution in [-0.4, -0.2) is 6.54 Å². The van der Waals surface area contributed by atoms with E-state index in [1.807, 2.05) is 13.0 Å². The molecule has 0 aliphatic heterocycles. The fraction of sp³-hybridized carbons (Fsp3) is 0.538. The van der Waals surface area contributed by atoms with Crippen LogP contribution in [0.25, 0.3) is 0 Å². The molecule has 0 radical (unpaired) electrons. The Morgan fingerprint density at radius 2 is 2.27 bits per heavy atom. The maximum Gasteiger partial charge on any atom is 0.105 e. The zero-order chi connectivity index (χ0) is 11.3. The average molecular weight is 207 g/mol. The first-order valence-corrected chi connectivity index (χ1v) is 5.63. The van der Waals surface area contributed by atoms with E-state index in [0.29, 0.717) is 6.04 Å². The number of nitrogens with one attached hydrogen (secondary N) is 1. The van der Waals surface area contributed by atoms with Crippen LogP contribution in [0.5, 0.6) is 0 Å². The minimum atomic E-state index is 0.348. The van der Waals surface area contributed by atoms with E-state index >= 15 is 0 Å². The van der Waals surface area contributed by atoms with Gasteiger partial charge in [0.2, 0.25) is 0 Å². The number of aryl methyl sites for hydroxylation is 1. The number of hydrogen-bond donors (Lipinski definition) is 1. The molecule has 2 nitrogen and oxygen atoms in total. The van der Waals surface area contributed by atoms with E-state index in [9.17, 15) is 0 Å². The van der Waals surface area contributed by atoms with Crippen molar-refractivity contribution in [3.8, 4) is 0 Å². The lowest BCUT2D eigenvalue weighted by molar-refractivity contribution is 0.499. The number of hydrogen-bond acceptors (Lipinski definition) is 2. The molecule has 0 saturated heterocycles. The largest absolute Gasteiger partial charge is 0.469 e. The Kier molecular flexibility index (Phi) is 4.63. The summed E-state index contributed by atoms with van der Waals surface area (Å²) in [4.78, 5) is 0. The highest BCUT2D eigenvalue weighted by molar-refractivity contribution is 5.22. The Morgan fingerprint density at radius 3 is 2.73 bits per heavy atom. The predicted molar refractivity (Wildman–Crippen MR) is 63.9 cm³/mol. The molecule has 0 aliphatic rings. The van der Waals surface area contributed by atoms with Crippen LogP contribution in [0.1, 0.15) is 44.1 Å². The molecule has 2 heteroatoms. The molecule has 1 unspecified atom stereocenters.